The van der Waals surface area contributed by atoms with E-state index in [2.05, 4.69) is 116 Å². The van der Waals surface area contributed by atoms with E-state index in [-0.39, 0.29) is 49.0 Å². The molecule has 0 aliphatic carbocycles. The van der Waals surface area contributed by atoms with E-state index in [0.29, 0.717) is 34.8 Å². The topological polar surface area (TPSA) is 63.1 Å². The number of benzene rings is 4. The van der Waals surface area contributed by atoms with Crippen molar-refractivity contribution in [3.05, 3.63) is 144 Å². The second-order valence-corrected chi connectivity index (χ2v) is 19.8. The molecule has 0 aliphatic rings. The number of halogens is 1. The van der Waals surface area contributed by atoms with Crippen molar-refractivity contribution in [3.63, 3.8) is 0 Å². The summed E-state index contributed by atoms with van der Waals surface area (Å²) in [5, 5.41) is 13.9. The molecule has 4 aromatic carbocycles. The van der Waals surface area contributed by atoms with Crippen LogP contribution in [0.5, 0.6) is 0 Å². The maximum Gasteiger partial charge on any atom is 0.162 e. The minimum Gasteiger partial charge on any atom is -0.512 e. The summed E-state index contributed by atoms with van der Waals surface area (Å²) in [4.78, 5) is 21.5. The Morgan fingerprint density at radius 3 is 1.81 bits per heavy atom. The molecule has 0 saturated carbocycles. The third kappa shape index (κ3) is 16.2. The van der Waals surface area contributed by atoms with Gasteiger partial charge in [0.2, 0.25) is 0 Å². The van der Waals surface area contributed by atoms with Crippen molar-refractivity contribution in [2.24, 2.45) is 35.5 Å². The molecule has 6 heteroatoms. The summed E-state index contributed by atoms with van der Waals surface area (Å²) in [5.41, 5.74) is 7.41. The first-order valence-corrected chi connectivity index (χ1v) is 22.6. The van der Waals surface area contributed by atoms with Crippen molar-refractivity contribution in [1.82, 2.24) is 9.97 Å². The standard InChI is InChI=1S/C21H15FN.C21H40O2.C15H16N.Ir/c1-13-9-14(2)11-15(10-13)21-19-12-20(22)18-6-4-3-5-16(18)17(19)7-8-23-21;1-14(2)9-18(10-15(3)4)20(22)13-21(23)19(11-16(5)6)12-17(7)8;1-15(2,3)13-8-6-7-12(11-13)14-9-4-5-10-16-14;/h3-10,12H,1-2H3;13-19,22H,9-12H2,1-8H3;4-6,8-11H,1-3H3;/q-1;;-1;/b;20-13-;;. The molecule has 0 atom stereocenters. The number of hydrogen-bond donors (Lipinski definition) is 1. The number of aromatic nitrogens is 2. The summed E-state index contributed by atoms with van der Waals surface area (Å²) >= 11 is 0. The Kier molecular flexibility index (Phi) is 20.6. The monoisotopic (exact) mass is 1030 g/mol. The van der Waals surface area contributed by atoms with E-state index in [0.717, 1.165) is 75.5 Å². The van der Waals surface area contributed by atoms with Crippen molar-refractivity contribution in [2.75, 3.05) is 0 Å². The molecule has 6 aromatic rings. The van der Waals surface area contributed by atoms with Crippen LogP contribution in [0, 0.1) is 67.3 Å². The molecule has 6 rings (SSSR count). The van der Waals surface area contributed by atoms with Crippen molar-refractivity contribution >= 4 is 27.3 Å². The predicted molar refractivity (Wildman–Crippen MR) is 261 cm³/mol. The van der Waals surface area contributed by atoms with Crippen LogP contribution in [0.4, 0.5) is 4.39 Å². The Morgan fingerprint density at radius 2 is 1.25 bits per heavy atom. The van der Waals surface area contributed by atoms with Crippen LogP contribution >= 0.6 is 0 Å². The number of pyridine rings is 2. The van der Waals surface area contributed by atoms with Gasteiger partial charge in [0.05, 0.1) is 5.76 Å². The fourth-order valence-electron chi connectivity index (χ4n) is 8.15. The van der Waals surface area contributed by atoms with Crippen molar-refractivity contribution < 1.29 is 34.4 Å². The molecular formula is C57H71FIrN2O2-2. The first-order chi connectivity index (χ1) is 29.2. The third-order valence-electron chi connectivity index (χ3n) is 10.9. The van der Waals surface area contributed by atoms with Gasteiger partial charge in [-0.2, -0.15) is 0 Å². The van der Waals surface area contributed by atoms with Gasteiger partial charge in [-0.15, -0.1) is 70.3 Å². The van der Waals surface area contributed by atoms with Crippen LogP contribution in [0.3, 0.4) is 0 Å². The first kappa shape index (κ1) is 52.8. The molecule has 0 saturated heterocycles. The van der Waals surface area contributed by atoms with E-state index < -0.39 is 0 Å². The number of carbonyl (C=O) groups is 1. The number of fused-ring (bicyclic) bond motifs is 3. The number of allylic oxidation sites excluding steroid dienone is 2. The number of carbonyl (C=O) groups excluding carboxylic acids is 1. The molecule has 2 heterocycles. The Bertz CT molecular complexity index is 2350. The van der Waals surface area contributed by atoms with Gasteiger partial charge in [-0.25, -0.2) is 4.39 Å². The normalized spacial score (nSPS) is 11.9. The summed E-state index contributed by atoms with van der Waals surface area (Å²) in [6.07, 6.45) is 8.82. The molecule has 0 amide bonds. The minimum atomic E-state index is -0.216. The molecule has 0 bridgehead atoms. The maximum absolute atomic E-state index is 14.5. The number of hydrogen-bond acceptors (Lipinski definition) is 4. The average Bonchev–Trinajstić information content (AvgIpc) is 3.20. The Hall–Kier alpha value is -4.51. The van der Waals surface area contributed by atoms with Crippen LogP contribution in [0.25, 0.3) is 44.1 Å². The molecule has 1 N–H and O–H groups in total. The fraction of sp³-hybridized carbons (Fsp3) is 0.421. The van der Waals surface area contributed by atoms with Gasteiger partial charge in [0.15, 0.2) is 5.78 Å². The van der Waals surface area contributed by atoms with E-state index in [1.807, 2.05) is 80.7 Å². The van der Waals surface area contributed by atoms with Crippen molar-refractivity contribution in [1.29, 1.82) is 0 Å². The van der Waals surface area contributed by atoms with E-state index in [9.17, 15) is 14.3 Å². The zero-order valence-corrected chi connectivity index (χ0v) is 42.5. The van der Waals surface area contributed by atoms with E-state index in [4.69, 9.17) is 0 Å². The summed E-state index contributed by atoms with van der Waals surface area (Å²) in [6.45, 7) is 28.0. The van der Waals surface area contributed by atoms with Gasteiger partial charge >= 0.3 is 0 Å². The number of aryl methyl sites for hydroxylation is 2. The SMILES string of the molecule is CC(C)(C)c1cc[c-]c(-c2ccccn2)c1.CC(C)CC(CC(C)C)C(=O)/C=C(\O)C(CC(C)C)CC(C)C.Cc1[c-]c(-c2nccc3c2cc(F)c2ccccc23)cc(C)c1.[Ir]. The van der Waals surface area contributed by atoms with Crippen LogP contribution in [-0.2, 0) is 30.3 Å². The predicted octanol–water partition coefficient (Wildman–Crippen LogP) is 15.9. The van der Waals surface area contributed by atoms with E-state index in [1.54, 1.807) is 18.3 Å². The Balaban J connectivity index is 0.000000254. The molecule has 0 aliphatic heterocycles. The zero-order valence-electron chi connectivity index (χ0n) is 40.1. The number of ketones is 1. The molecular weight excluding hydrogens is 956 g/mol. The average molecular weight is 1030 g/mol. The summed E-state index contributed by atoms with van der Waals surface area (Å²) in [5.74, 6) is 2.39. The van der Waals surface area contributed by atoms with Gasteiger partial charge in [-0.1, -0.05) is 126 Å². The summed E-state index contributed by atoms with van der Waals surface area (Å²) in [6, 6.07) is 34.0. The van der Waals surface area contributed by atoms with Gasteiger partial charge < -0.3 is 15.1 Å². The molecule has 339 valence electrons. The molecule has 0 fully saturated rings. The quantitative estimate of drug-likeness (QED) is 0.0542. The maximum atomic E-state index is 14.5. The molecule has 4 nitrogen and oxygen atoms in total. The first-order valence-electron chi connectivity index (χ1n) is 22.6. The van der Waals surface area contributed by atoms with Crippen LogP contribution in [0.2, 0.25) is 0 Å². The zero-order chi connectivity index (χ0) is 45.7. The molecule has 2 aromatic heterocycles. The van der Waals surface area contributed by atoms with Crippen LogP contribution in [0.15, 0.2) is 109 Å². The van der Waals surface area contributed by atoms with Gasteiger partial charge in [0.25, 0.3) is 0 Å². The van der Waals surface area contributed by atoms with Gasteiger partial charge in [-0.3, -0.25) is 4.79 Å². The molecule has 0 spiro atoms. The van der Waals surface area contributed by atoms with E-state index in [1.165, 1.54) is 5.56 Å². The van der Waals surface area contributed by atoms with Gasteiger partial charge in [-0.05, 0) is 101 Å². The van der Waals surface area contributed by atoms with Gasteiger partial charge in [0.1, 0.15) is 5.82 Å². The second kappa shape index (κ2) is 24.5. The van der Waals surface area contributed by atoms with Crippen LogP contribution in [0.1, 0.15) is 119 Å². The van der Waals surface area contributed by atoms with E-state index >= 15 is 0 Å². The van der Waals surface area contributed by atoms with Crippen LogP contribution < -0.4 is 0 Å². The third-order valence-corrected chi connectivity index (χ3v) is 10.9. The molecule has 0 unspecified atom stereocenters. The Labute approximate surface area is 392 Å². The summed E-state index contributed by atoms with van der Waals surface area (Å²) < 4.78 is 14.5. The fourth-order valence-corrected chi connectivity index (χ4v) is 8.15. The number of nitrogens with zero attached hydrogens (tertiary/aromatic N) is 2. The second-order valence-electron chi connectivity index (χ2n) is 19.8. The smallest absolute Gasteiger partial charge is 0.162 e. The largest absolute Gasteiger partial charge is 0.512 e. The minimum absolute atomic E-state index is 0. The number of aliphatic hydroxyl groups excluding tert-OH is 1. The number of rotatable bonds is 13. The number of aliphatic hydroxyl groups is 1. The molecule has 1 radical (unpaired) electrons. The van der Waals surface area contributed by atoms with Crippen LogP contribution in [-0.4, -0.2) is 20.9 Å². The van der Waals surface area contributed by atoms with Crippen molar-refractivity contribution in [3.8, 4) is 22.5 Å². The summed E-state index contributed by atoms with van der Waals surface area (Å²) in [7, 11) is 0. The molecule has 63 heavy (non-hydrogen) atoms. The van der Waals surface area contributed by atoms with Crippen molar-refractivity contribution in [2.45, 2.75) is 121 Å². The Morgan fingerprint density at radius 1 is 0.683 bits per heavy atom. The van der Waals surface area contributed by atoms with Gasteiger partial charge in [0, 0.05) is 55.8 Å².